The van der Waals surface area contributed by atoms with Gasteiger partial charge in [-0.1, -0.05) is 73.7 Å². The lowest BCUT2D eigenvalue weighted by molar-refractivity contribution is -0.161. The first-order valence-corrected chi connectivity index (χ1v) is 12.0. The first-order chi connectivity index (χ1) is 16.5. The Morgan fingerprint density at radius 1 is 1.00 bits per heavy atom. The summed E-state index contributed by atoms with van der Waals surface area (Å²) in [7, 11) is 1.66. The number of aliphatic hydroxyl groups excluding tert-OH is 1. The summed E-state index contributed by atoms with van der Waals surface area (Å²) >= 11 is 0. The Hall–Kier alpha value is -3.53. The molecule has 174 valence electrons. The highest BCUT2D eigenvalue weighted by Crippen LogP contribution is 2.49. The van der Waals surface area contributed by atoms with Crippen LogP contribution in [0.3, 0.4) is 0 Å². The summed E-state index contributed by atoms with van der Waals surface area (Å²) in [5.41, 5.74) is 4.01. The lowest BCUT2D eigenvalue weighted by Crippen LogP contribution is -2.39. The summed E-state index contributed by atoms with van der Waals surface area (Å²) < 4.78 is 11.5. The van der Waals surface area contributed by atoms with Gasteiger partial charge in [0.25, 0.3) is 0 Å². The molecule has 3 aromatic carbocycles. The van der Waals surface area contributed by atoms with Crippen molar-refractivity contribution in [3.63, 3.8) is 0 Å². The van der Waals surface area contributed by atoms with Crippen LogP contribution in [0.2, 0.25) is 0 Å². The van der Waals surface area contributed by atoms with Crippen molar-refractivity contribution in [3.8, 4) is 5.75 Å². The number of ether oxygens (including phenoxy) is 2. The number of cyclic esters (lactones) is 1. The van der Waals surface area contributed by atoms with Gasteiger partial charge in [-0.15, -0.1) is 0 Å². The number of hydrogen-bond acceptors (Lipinski definition) is 4. The van der Waals surface area contributed by atoms with Crippen LogP contribution >= 0.6 is 0 Å². The van der Waals surface area contributed by atoms with Gasteiger partial charge in [-0.25, -0.2) is 4.79 Å². The zero-order valence-electron chi connectivity index (χ0n) is 19.7. The molecule has 0 bridgehead atoms. The predicted octanol–water partition coefficient (Wildman–Crippen LogP) is 6.57. The van der Waals surface area contributed by atoms with Crippen molar-refractivity contribution in [1.82, 2.24) is 0 Å². The summed E-state index contributed by atoms with van der Waals surface area (Å²) in [6.07, 6.45) is 2.52. The Morgan fingerprint density at radius 2 is 1.71 bits per heavy atom. The third-order valence-corrected chi connectivity index (χ3v) is 7.50. The van der Waals surface area contributed by atoms with Crippen molar-refractivity contribution in [2.75, 3.05) is 7.11 Å². The first-order valence-electron chi connectivity index (χ1n) is 12.0. The number of aliphatic hydroxyl groups is 1. The standard InChI is InChI=1S/C30H30O4/c1-3-30(23-10-5-4-6-11-23)19-27(31)28(29(32)34-30)26-18-22(17-21-9-7-8-12-25(21)26)20-13-15-24(33-2)16-14-20/h4-16,22,26,31H,3,17-19H2,1-2H3. The van der Waals surface area contributed by atoms with Gasteiger partial charge in [0.05, 0.1) is 12.7 Å². The molecule has 1 heterocycles. The van der Waals surface area contributed by atoms with Gasteiger partial charge in [0.15, 0.2) is 0 Å². The number of methoxy groups -OCH3 is 1. The molecule has 4 heteroatoms. The summed E-state index contributed by atoms with van der Waals surface area (Å²) in [4.78, 5) is 13.5. The fourth-order valence-corrected chi connectivity index (χ4v) is 5.62. The van der Waals surface area contributed by atoms with E-state index in [1.165, 1.54) is 11.1 Å². The van der Waals surface area contributed by atoms with Crippen LogP contribution in [-0.2, 0) is 21.6 Å². The van der Waals surface area contributed by atoms with Gasteiger partial charge >= 0.3 is 5.97 Å². The molecule has 0 aromatic heterocycles. The second-order valence-electron chi connectivity index (χ2n) is 9.30. The summed E-state index contributed by atoms with van der Waals surface area (Å²) in [6, 6.07) is 26.1. The maximum absolute atomic E-state index is 13.5. The molecule has 1 aliphatic heterocycles. The zero-order chi connectivity index (χ0) is 23.7. The van der Waals surface area contributed by atoms with Crippen LogP contribution in [0.25, 0.3) is 0 Å². The third kappa shape index (κ3) is 3.87. The van der Waals surface area contributed by atoms with Crippen LogP contribution in [0.15, 0.2) is 90.2 Å². The predicted molar refractivity (Wildman–Crippen MR) is 132 cm³/mol. The van der Waals surface area contributed by atoms with Crippen LogP contribution in [0.5, 0.6) is 5.75 Å². The van der Waals surface area contributed by atoms with Gasteiger partial charge in [-0.3, -0.25) is 0 Å². The molecular weight excluding hydrogens is 424 g/mol. The smallest absolute Gasteiger partial charge is 0.338 e. The molecule has 0 amide bonds. The van der Waals surface area contributed by atoms with Crippen molar-refractivity contribution >= 4 is 5.97 Å². The number of hydrogen-bond donors (Lipinski definition) is 1. The normalized spacial score (nSPS) is 24.4. The Morgan fingerprint density at radius 3 is 2.38 bits per heavy atom. The molecule has 34 heavy (non-hydrogen) atoms. The molecule has 0 radical (unpaired) electrons. The molecule has 3 unspecified atom stereocenters. The lowest BCUT2D eigenvalue weighted by atomic mass is 9.70. The first kappa shape index (κ1) is 22.3. The maximum Gasteiger partial charge on any atom is 0.338 e. The number of esters is 1. The highest BCUT2D eigenvalue weighted by Gasteiger charge is 2.45. The summed E-state index contributed by atoms with van der Waals surface area (Å²) in [5, 5.41) is 11.3. The van der Waals surface area contributed by atoms with Crippen molar-refractivity contribution in [2.24, 2.45) is 0 Å². The van der Waals surface area contributed by atoms with Gasteiger partial charge in [0.1, 0.15) is 17.1 Å². The zero-order valence-corrected chi connectivity index (χ0v) is 19.7. The monoisotopic (exact) mass is 454 g/mol. The van der Waals surface area contributed by atoms with Gasteiger partial charge < -0.3 is 14.6 Å². The maximum atomic E-state index is 13.5. The SMILES string of the molecule is CCC1(c2ccccc2)CC(O)=C(C2CC(c3ccc(OC)cc3)Cc3ccccc32)C(=O)O1. The lowest BCUT2D eigenvalue weighted by Gasteiger charge is -2.40. The van der Waals surface area contributed by atoms with E-state index < -0.39 is 11.6 Å². The Bertz CT molecular complexity index is 1210. The van der Waals surface area contributed by atoms with Crippen LogP contribution in [-0.4, -0.2) is 18.2 Å². The number of benzene rings is 3. The van der Waals surface area contributed by atoms with Crippen LogP contribution < -0.4 is 4.74 Å². The molecule has 1 aliphatic carbocycles. The molecule has 3 atom stereocenters. The van der Waals surface area contributed by atoms with E-state index in [1.807, 2.05) is 61.5 Å². The molecular formula is C30H30O4. The molecule has 1 N–H and O–H groups in total. The molecule has 2 aliphatic rings. The van der Waals surface area contributed by atoms with E-state index in [-0.39, 0.29) is 17.6 Å². The molecule has 5 rings (SSSR count). The average Bonchev–Trinajstić information content (AvgIpc) is 2.88. The Balaban J connectivity index is 1.54. The van der Waals surface area contributed by atoms with E-state index in [1.54, 1.807) is 7.11 Å². The van der Waals surface area contributed by atoms with E-state index in [0.717, 1.165) is 29.7 Å². The Labute approximate surface area is 200 Å². The molecule has 4 nitrogen and oxygen atoms in total. The van der Waals surface area contributed by atoms with Gasteiger partial charge in [0, 0.05) is 12.3 Å². The highest BCUT2D eigenvalue weighted by molar-refractivity contribution is 5.92. The van der Waals surface area contributed by atoms with Gasteiger partial charge in [-0.2, -0.15) is 0 Å². The van der Waals surface area contributed by atoms with Crippen molar-refractivity contribution < 1.29 is 19.4 Å². The average molecular weight is 455 g/mol. The second kappa shape index (κ2) is 9.02. The number of rotatable bonds is 5. The summed E-state index contributed by atoms with van der Waals surface area (Å²) in [6.45, 7) is 1.99. The largest absolute Gasteiger partial charge is 0.512 e. The quantitative estimate of drug-likeness (QED) is 0.443. The van der Waals surface area contributed by atoms with Crippen LogP contribution in [0, 0.1) is 0 Å². The fraction of sp³-hybridized carbons (Fsp3) is 0.300. The van der Waals surface area contributed by atoms with Crippen molar-refractivity contribution in [2.45, 2.75) is 50.0 Å². The molecule has 0 saturated heterocycles. The molecule has 0 saturated carbocycles. The van der Waals surface area contributed by atoms with E-state index in [9.17, 15) is 9.90 Å². The minimum absolute atomic E-state index is 0.150. The minimum atomic E-state index is -0.838. The number of fused-ring (bicyclic) bond motifs is 1. The molecule has 0 spiro atoms. The molecule has 3 aromatic rings. The second-order valence-corrected chi connectivity index (χ2v) is 9.30. The van der Waals surface area contributed by atoms with E-state index in [2.05, 4.69) is 24.3 Å². The van der Waals surface area contributed by atoms with Gasteiger partial charge in [-0.05, 0) is 59.6 Å². The topological polar surface area (TPSA) is 55.8 Å². The molecule has 0 fully saturated rings. The van der Waals surface area contributed by atoms with Gasteiger partial charge in [0.2, 0.25) is 0 Å². The third-order valence-electron chi connectivity index (χ3n) is 7.50. The number of carbonyl (C=O) groups is 1. The van der Waals surface area contributed by atoms with E-state index >= 15 is 0 Å². The fourth-order valence-electron chi connectivity index (χ4n) is 5.62. The highest BCUT2D eigenvalue weighted by atomic mass is 16.6. The van der Waals surface area contributed by atoms with Crippen molar-refractivity contribution in [1.29, 1.82) is 0 Å². The Kier molecular flexibility index (Phi) is 5.91. The van der Waals surface area contributed by atoms with Crippen LogP contribution in [0.1, 0.15) is 60.3 Å². The number of carbonyl (C=O) groups excluding carboxylic acids is 1. The summed E-state index contributed by atoms with van der Waals surface area (Å²) in [5.74, 6) is 0.576. The van der Waals surface area contributed by atoms with E-state index in [0.29, 0.717) is 18.4 Å². The van der Waals surface area contributed by atoms with Crippen LogP contribution in [0.4, 0.5) is 0 Å². The minimum Gasteiger partial charge on any atom is -0.512 e. The van der Waals surface area contributed by atoms with E-state index in [4.69, 9.17) is 9.47 Å². The van der Waals surface area contributed by atoms with Crippen molar-refractivity contribution in [3.05, 3.63) is 112 Å².